The average Bonchev–Trinajstić information content (AvgIpc) is 3.26. The fourth-order valence-electron chi connectivity index (χ4n) is 4.04. The summed E-state index contributed by atoms with van der Waals surface area (Å²) in [6.07, 6.45) is 1.28. The molecule has 3 heterocycles. The van der Waals surface area contributed by atoms with Gasteiger partial charge in [-0.15, -0.1) is 0 Å². The van der Waals surface area contributed by atoms with Crippen LogP contribution >= 0.6 is 0 Å². The van der Waals surface area contributed by atoms with Crippen LogP contribution in [0.25, 0.3) is 0 Å². The third kappa shape index (κ3) is 3.60. The molecular weight excluding hydrogens is 320 g/mol. The fourth-order valence-corrected chi connectivity index (χ4v) is 4.04. The topological polar surface area (TPSA) is 51.2 Å². The molecule has 136 valence electrons. The van der Waals surface area contributed by atoms with Gasteiger partial charge in [-0.2, -0.15) is 0 Å². The number of hydrogen-bond donors (Lipinski definition) is 0. The molecule has 2 saturated heterocycles. The minimum Gasteiger partial charge on any atom is -0.454 e. The second kappa shape index (κ2) is 7.22. The molecule has 2 atom stereocenters. The molecule has 3 aliphatic rings. The smallest absolute Gasteiger partial charge is 0.231 e. The lowest BCUT2D eigenvalue weighted by Gasteiger charge is -2.34. The molecule has 25 heavy (non-hydrogen) atoms. The standard InChI is InChI=1S/C19H26N2O4/c1-14-11-21(12-16(14)20-6-8-23-9-7-20)19(22)5-3-15-2-4-17-18(10-15)25-13-24-17/h2,4,10,14,16H,3,5-9,11-13H2,1H3/t14-,16-/m0/s1. The minimum absolute atomic E-state index is 0.250. The summed E-state index contributed by atoms with van der Waals surface area (Å²) >= 11 is 0. The van der Waals surface area contributed by atoms with E-state index in [9.17, 15) is 4.79 Å². The molecule has 1 amide bonds. The van der Waals surface area contributed by atoms with Crippen molar-refractivity contribution in [2.75, 3.05) is 46.2 Å². The molecule has 4 rings (SSSR count). The molecule has 0 aromatic heterocycles. The van der Waals surface area contributed by atoms with E-state index in [0.29, 0.717) is 18.4 Å². The van der Waals surface area contributed by atoms with Gasteiger partial charge in [-0.05, 0) is 30.0 Å². The molecule has 6 heteroatoms. The van der Waals surface area contributed by atoms with Crippen molar-refractivity contribution in [1.29, 1.82) is 0 Å². The zero-order valence-electron chi connectivity index (χ0n) is 14.8. The number of carbonyl (C=O) groups excluding carboxylic acids is 1. The van der Waals surface area contributed by atoms with Crippen LogP contribution in [0.15, 0.2) is 18.2 Å². The van der Waals surface area contributed by atoms with E-state index in [1.165, 1.54) is 0 Å². The van der Waals surface area contributed by atoms with Crippen molar-refractivity contribution < 1.29 is 19.0 Å². The predicted molar refractivity (Wildman–Crippen MR) is 92.8 cm³/mol. The normalized spacial score (nSPS) is 26.2. The minimum atomic E-state index is 0.250. The molecule has 2 fully saturated rings. The van der Waals surface area contributed by atoms with E-state index in [1.807, 2.05) is 23.1 Å². The summed E-state index contributed by atoms with van der Waals surface area (Å²) < 4.78 is 16.2. The van der Waals surface area contributed by atoms with E-state index >= 15 is 0 Å². The molecule has 0 aliphatic carbocycles. The number of morpholine rings is 1. The number of hydrogen-bond acceptors (Lipinski definition) is 5. The van der Waals surface area contributed by atoms with Crippen molar-refractivity contribution in [2.45, 2.75) is 25.8 Å². The van der Waals surface area contributed by atoms with E-state index in [-0.39, 0.29) is 12.7 Å². The molecule has 1 aromatic carbocycles. The second-order valence-corrected chi connectivity index (χ2v) is 7.18. The number of ether oxygens (including phenoxy) is 3. The Kier molecular flexibility index (Phi) is 4.81. The van der Waals surface area contributed by atoms with Gasteiger partial charge in [-0.25, -0.2) is 0 Å². The first-order valence-corrected chi connectivity index (χ1v) is 9.19. The Labute approximate surface area is 148 Å². The maximum Gasteiger partial charge on any atom is 0.231 e. The maximum absolute atomic E-state index is 12.7. The van der Waals surface area contributed by atoms with Crippen molar-refractivity contribution in [1.82, 2.24) is 9.80 Å². The first kappa shape index (κ1) is 16.7. The van der Waals surface area contributed by atoms with Crippen LogP contribution in [0, 0.1) is 5.92 Å². The number of likely N-dealkylation sites (tertiary alicyclic amines) is 1. The van der Waals surface area contributed by atoms with E-state index in [1.54, 1.807) is 0 Å². The fraction of sp³-hybridized carbons (Fsp3) is 0.632. The zero-order valence-corrected chi connectivity index (χ0v) is 14.8. The van der Waals surface area contributed by atoms with Crippen molar-refractivity contribution in [3.05, 3.63) is 23.8 Å². The molecule has 0 spiro atoms. The van der Waals surface area contributed by atoms with Crippen LogP contribution in [0.2, 0.25) is 0 Å². The molecule has 0 radical (unpaired) electrons. The lowest BCUT2D eigenvalue weighted by atomic mass is 10.0. The van der Waals surface area contributed by atoms with Crippen molar-refractivity contribution in [3.8, 4) is 11.5 Å². The molecule has 0 N–H and O–H groups in total. The summed E-state index contributed by atoms with van der Waals surface area (Å²) in [7, 11) is 0. The molecular formula is C19H26N2O4. The zero-order chi connectivity index (χ0) is 17.2. The van der Waals surface area contributed by atoms with E-state index in [2.05, 4.69) is 11.8 Å². The summed E-state index contributed by atoms with van der Waals surface area (Å²) in [4.78, 5) is 17.2. The Balaban J connectivity index is 1.31. The number of benzene rings is 1. The summed E-state index contributed by atoms with van der Waals surface area (Å²) in [6.45, 7) is 7.83. The van der Waals surface area contributed by atoms with Crippen LogP contribution in [0.3, 0.4) is 0 Å². The van der Waals surface area contributed by atoms with Gasteiger partial charge in [0.15, 0.2) is 11.5 Å². The first-order chi connectivity index (χ1) is 12.2. The molecule has 0 bridgehead atoms. The van der Waals surface area contributed by atoms with Gasteiger partial charge in [0.1, 0.15) is 0 Å². The number of nitrogens with zero attached hydrogens (tertiary/aromatic N) is 2. The van der Waals surface area contributed by atoms with Crippen LogP contribution in [0.5, 0.6) is 11.5 Å². The molecule has 3 aliphatic heterocycles. The highest BCUT2D eigenvalue weighted by Gasteiger charge is 2.36. The number of amides is 1. The predicted octanol–water partition coefficient (Wildman–Crippen LogP) is 1.53. The average molecular weight is 346 g/mol. The lowest BCUT2D eigenvalue weighted by molar-refractivity contribution is -0.130. The molecule has 0 unspecified atom stereocenters. The van der Waals surface area contributed by atoms with E-state index in [0.717, 1.165) is 62.9 Å². The Hall–Kier alpha value is -1.79. The van der Waals surface area contributed by atoms with E-state index in [4.69, 9.17) is 14.2 Å². The Morgan fingerprint density at radius 2 is 1.96 bits per heavy atom. The van der Waals surface area contributed by atoms with Crippen LogP contribution in [-0.4, -0.2) is 67.9 Å². The summed E-state index contributed by atoms with van der Waals surface area (Å²) in [5.74, 6) is 2.34. The summed E-state index contributed by atoms with van der Waals surface area (Å²) in [5.41, 5.74) is 1.12. The van der Waals surface area contributed by atoms with Gasteiger partial charge in [0.25, 0.3) is 0 Å². The highest BCUT2D eigenvalue weighted by molar-refractivity contribution is 5.77. The van der Waals surface area contributed by atoms with E-state index < -0.39 is 0 Å². The molecule has 0 saturated carbocycles. The largest absolute Gasteiger partial charge is 0.454 e. The van der Waals surface area contributed by atoms with Crippen molar-refractivity contribution >= 4 is 5.91 Å². The molecule has 6 nitrogen and oxygen atoms in total. The third-order valence-electron chi connectivity index (χ3n) is 5.50. The second-order valence-electron chi connectivity index (χ2n) is 7.18. The van der Waals surface area contributed by atoms with Gasteiger partial charge in [0.05, 0.1) is 13.2 Å². The lowest BCUT2D eigenvalue weighted by Crippen LogP contribution is -2.47. The third-order valence-corrected chi connectivity index (χ3v) is 5.50. The van der Waals surface area contributed by atoms with Crippen LogP contribution in [0.1, 0.15) is 18.9 Å². The monoisotopic (exact) mass is 346 g/mol. The van der Waals surface area contributed by atoms with Gasteiger partial charge in [0.2, 0.25) is 12.7 Å². The van der Waals surface area contributed by atoms with Crippen LogP contribution < -0.4 is 9.47 Å². The van der Waals surface area contributed by atoms with Gasteiger partial charge in [0, 0.05) is 38.6 Å². The quantitative estimate of drug-likeness (QED) is 0.828. The van der Waals surface area contributed by atoms with Crippen molar-refractivity contribution in [2.24, 2.45) is 5.92 Å². The first-order valence-electron chi connectivity index (χ1n) is 9.19. The summed E-state index contributed by atoms with van der Waals surface area (Å²) in [6, 6.07) is 6.40. The van der Waals surface area contributed by atoms with Gasteiger partial charge >= 0.3 is 0 Å². The Morgan fingerprint density at radius 3 is 2.80 bits per heavy atom. The van der Waals surface area contributed by atoms with Gasteiger partial charge in [-0.1, -0.05) is 13.0 Å². The van der Waals surface area contributed by atoms with Crippen LogP contribution in [0.4, 0.5) is 0 Å². The maximum atomic E-state index is 12.7. The highest BCUT2D eigenvalue weighted by atomic mass is 16.7. The number of carbonyl (C=O) groups is 1. The molecule has 1 aromatic rings. The SMILES string of the molecule is C[C@H]1CN(C(=O)CCc2ccc3c(c2)OCO3)C[C@@H]1N1CCOCC1. The number of aryl methyl sites for hydroxylation is 1. The Morgan fingerprint density at radius 1 is 1.16 bits per heavy atom. The Bertz CT molecular complexity index is 630. The van der Waals surface area contributed by atoms with Crippen molar-refractivity contribution in [3.63, 3.8) is 0 Å². The highest BCUT2D eigenvalue weighted by Crippen LogP contribution is 2.33. The number of fused-ring (bicyclic) bond motifs is 1. The number of rotatable bonds is 4. The van der Waals surface area contributed by atoms with Gasteiger partial charge < -0.3 is 19.1 Å². The van der Waals surface area contributed by atoms with Crippen LogP contribution in [-0.2, 0) is 16.0 Å². The summed E-state index contributed by atoms with van der Waals surface area (Å²) in [5, 5.41) is 0. The van der Waals surface area contributed by atoms with Gasteiger partial charge in [-0.3, -0.25) is 9.69 Å².